The maximum Gasteiger partial charge on any atom is 0.323 e. The molecular formula is C34H31ClFN3O6. The minimum atomic E-state index is -1.22. The number of ether oxygens (including phenoxy) is 3. The molecule has 0 fully saturated rings. The SMILES string of the molecule is COc1cccc(-c2cccc3c2CC[C@@H]3Oc2cc(OCc3cncc(C#N)c3)c(CN[C@H](C(=O)O)[C@@H](C)O)cc2Cl)c1F. The minimum Gasteiger partial charge on any atom is -0.494 e. The number of rotatable bonds is 12. The molecule has 9 nitrogen and oxygen atoms in total. The number of fused-ring (bicyclic) bond motifs is 1. The molecule has 0 saturated carbocycles. The fraction of sp³-hybridized carbons (Fsp3) is 0.265. The standard InChI is InChI=1S/C34H31ClFN3O6/c1-19(40)33(34(41)42)39-17-22-12-27(35)31(13-30(22)44-18-21-11-20(14-37)15-38-16-21)45-28-10-9-24-23(5-3-6-25(24)28)26-7-4-8-29(43-2)32(26)36/h3-8,11-13,15-16,19,28,33,39-40H,9-10,17-18H2,1-2H3,(H,41,42)/t19-,28+,33+/m1/s1. The summed E-state index contributed by atoms with van der Waals surface area (Å²) in [6, 6.07) is 16.5. The van der Waals surface area contributed by atoms with E-state index < -0.39 is 23.9 Å². The highest BCUT2D eigenvalue weighted by atomic mass is 35.5. The van der Waals surface area contributed by atoms with Gasteiger partial charge in [0.1, 0.15) is 36.3 Å². The van der Waals surface area contributed by atoms with Gasteiger partial charge in [-0.3, -0.25) is 15.1 Å². The van der Waals surface area contributed by atoms with Crippen LogP contribution in [0.15, 0.2) is 67.0 Å². The fourth-order valence-electron chi connectivity index (χ4n) is 5.43. The third-order valence-corrected chi connectivity index (χ3v) is 7.95. The van der Waals surface area contributed by atoms with Crippen LogP contribution in [0.5, 0.6) is 17.2 Å². The summed E-state index contributed by atoms with van der Waals surface area (Å²) in [6.07, 6.45) is 2.80. The number of hydrogen-bond donors (Lipinski definition) is 3. The Morgan fingerprint density at radius 3 is 2.67 bits per heavy atom. The van der Waals surface area contributed by atoms with Gasteiger partial charge < -0.3 is 24.4 Å². The maximum atomic E-state index is 15.2. The van der Waals surface area contributed by atoms with Crippen molar-refractivity contribution in [3.8, 4) is 34.4 Å². The van der Waals surface area contributed by atoms with Gasteiger partial charge in [0.25, 0.3) is 0 Å². The zero-order valence-corrected chi connectivity index (χ0v) is 25.3. The molecule has 0 spiro atoms. The molecule has 5 rings (SSSR count). The number of aliphatic hydroxyl groups excluding tert-OH is 1. The third-order valence-electron chi connectivity index (χ3n) is 7.65. The Morgan fingerprint density at radius 1 is 1.16 bits per heavy atom. The molecule has 3 aromatic carbocycles. The van der Waals surface area contributed by atoms with Crippen LogP contribution in [0.25, 0.3) is 11.1 Å². The Morgan fingerprint density at radius 2 is 1.93 bits per heavy atom. The summed E-state index contributed by atoms with van der Waals surface area (Å²) in [5.74, 6) is -0.748. The number of aromatic nitrogens is 1. The summed E-state index contributed by atoms with van der Waals surface area (Å²) < 4.78 is 32.9. The van der Waals surface area contributed by atoms with E-state index in [1.165, 1.54) is 20.2 Å². The number of nitrogens with zero attached hydrogens (tertiary/aromatic N) is 2. The first-order chi connectivity index (χ1) is 21.7. The second kappa shape index (κ2) is 13.9. The molecule has 0 aliphatic heterocycles. The lowest BCUT2D eigenvalue weighted by Crippen LogP contribution is -2.44. The molecule has 1 heterocycles. The molecule has 0 amide bonds. The number of methoxy groups -OCH3 is 1. The van der Waals surface area contributed by atoms with Gasteiger partial charge >= 0.3 is 5.97 Å². The number of halogens is 2. The number of nitriles is 1. The molecule has 1 aliphatic carbocycles. The van der Waals surface area contributed by atoms with Crippen molar-refractivity contribution in [2.75, 3.05) is 7.11 Å². The van der Waals surface area contributed by atoms with Crippen LogP contribution < -0.4 is 19.5 Å². The Kier molecular flexibility index (Phi) is 9.83. The van der Waals surface area contributed by atoms with Crippen molar-refractivity contribution in [2.45, 2.75) is 51.2 Å². The van der Waals surface area contributed by atoms with E-state index in [1.54, 1.807) is 42.6 Å². The first-order valence-electron chi connectivity index (χ1n) is 14.2. The van der Waals surface area contributed by atoms with E-state index in [0.717, 1.165) is 16.7 Å². The van der Waals surface area contributed by atoms with Crippen LogP contribution in [0.3, 0.4) is 0 Å². The first-order valence-corrected chi connectivity index (χ1v) is 14.6. The average molecular weight is 632 g/mol. The number of nitrogens with one attached hydrogen (secondary N) is 1. The van der Waals surface area contributed by atoms with Gasteiger partial charge in [-0.15, -0.1) is 0 Å². The minimum absolute atomic E-state index is 0.0232. The highest BCUT2D eigenvalue weighted by molar-refractivity contribution is 6.32. The average Bonchev–Trinajstić information content (AvgIpc) is 3.44. The van der Waals surface area contributed by atoms with Crippen LogP contribution in [0.4, 0.5) is 4.39 Å². The Balaban J connectivity index is 1.44. The number of pyridine rings is 1. The normalized spacial score (nSPS) is 15.1. The molecule has 232 valence electrons. The van der Waals surface area contributed by atoms with E-state index in [-0.39, 0.29) is 30.0 Å². The van der Waals surface area contributed by atoms with Crippen molar-refractivity contribution >= 4 is 17.6 Å². The quantitative estimate of drug-likeness (QED) is 0.172. The number of aliphatic hydroxyl groups is 1. The van der Waals surface area contributed by atoms with Gasteiger partial charge in [0.05, 0.1) is 23.8 Å². The summed E-state index contributed by atoms with van der Waals surface area (Å²) in [5.41, 5.74) is 4.68. The molecule has 3 N–H and O–H groups in total. The summed E-state index contributed by atoms with van der Waals surface area (Å²) >= 11 is 6.70. The Labute approximate surface area is 264 Å². The van der Waals surface area contributed by atoms with Crippen LogP contribution in [0.2, 0.25) is 5.02 Å². The predicted octanol–water partition coefficient (Wildman–Crippen LogP) is 5.99. The lowest BCUT2D eigenvalue weighted by molar-refractivity contribution is -0.142. The number of benzene rings is 3. The van der Waals surface area contributed by atoms with E-state index >= 15 is 4.39 Å². The lowest BCUT2D eigenvalue weighted by atomic mass is 9.96. The molecule has 0 unspecified atom stereocenters. The number of carbonyl (C=O) groups is 1. The molecule has 0 saturated heterocycles. The molecule has 0 bridgehead atoms. The largest absolute Gasteiger partial charge is 0.494 e. The van der Waals surface area contributed by atoms with Crippen LogP contribution in [0.1, 0.15) is 47.3 Å². The van der Waals surface area contributed by atoms with E-state index in [2.05, 4.69) is 10.3 Å². The first kappa shape index (κ1) is 31.7. The highest BCUT2D eigenvalue weighted by Crippen LogP contribution is 2.44. The monoisotopic (exact) mass is 631 g/mol. The van der Waals surface area contributed by atoms with Gasteiger partial charge in [-0.1, -0.05) is 41.9 Å². The topological polar surface area (TPSA) is 134 Å². The van der Waals surface area contributed by atoms with Crippen LogP contribution in [-0.2, 0) is 24.4 Å². The molecular weight excluding hydrogens is 601 g/mol. The number of aliphatic carboxylic acids is 1. The van der Waals surface area contributed by atoms with Gasteiger partial charge in [-0.2, -0.15) is 5.26 Å². The van der Waals surface area contributed by atoms with Crippen molar-refractivity contribution in [3.05, 3.63) is 106 Å². The highest BCUT2D eigenvalue weighted by Gasteiger charge is 2.29. The third kappa shape index (κ3) is 7.02. The van der Waals surface area contributed by atoms with E-state index in [4.69, 9.17) is 25.8 Å². The van der Waals surface area contributed by atoms with Gasteiger partial charge in [-0.25, -0.2) is 4.39 Å². The van der Waals surface area contributed by atoms with Crippen LogP contribution in [-0.4, -0.2) is 40.4 Å². The van der Waals surface area contributed by atoms with Crippen LogP contribution in [0, 0.1) is 17.1 Å². The predicted molar refractivity (Wildman–Crippen MR) is 165 cm³/mol. The molecule has 0 radical (unpaired) electrons. The van der Waals surface area contributed by atoms with E-state index in [0.29, 0.717) is 46.6 Å². The van der Waals surface area contributed by atoms with Crippen molar-refractivity contribution in [2.24, 2.45) is 0 Å². The Hall–Kier alpha value is -4.69. The molecule has 1 aromatic heterocycles. The van der Waals surface area contributed by atoms with Gasteiger partial charge in [0.2, 0.25) is 0 Å². The molecule has 11 heteroatoms. The summed E-state index contributed by atoms with van der Waals surface area (Å²) in [4.78, 5) is 15.7. The van der Waals surface area contributed by atoms with Crippen LogP contribution >= 0.6 is 11.6 Å². The molecule has 3 atom stereocenters. The van der Waals surface area contributed by atoms with Gasteiger partial charge in [-0.05, 0) is 54.7 Å². The van der Waals surface area contributed by atoms with E-state index in [9.17, 15) is 20.3 Å². The molecule has 45 heavy (non-hydrogen) atoms. The number of carboxylic acids is 1. The smallest absolute Gasteiger partial charge is 0.323 e. The van der Waals surface area contributed by atoms with Crippen molar-refractivity contribution in [3.63, 3.8) is 0 Å². The zero-order chi connectivity index (χ0) is 32.1. The Bertz CT molecular complexity index is 1760. The van der Waals surface area contributed by atoms with Crippen molar-refractivity contribution in [1.29, 1.82) is 5.26 Å². The second-order valence-electron chi connectivity index (χ2n) is 10.7. The van der Waals surface area contributed by atoms with Crippen molar-refractivity contribution in [1.82, 2.24) is 10.3 Å². The number of carboxylic acid groups (broad SMARTS) is 1. The maximum absolute atomic E-state index is 15.2. The fourth-order valence-corrected chi connectivity index (χ4v) is 5.66. The summed E-state index contributed by atoms with van der Waals surface area (Å²) in [5, 5.41) is 31.8. The van der Waals surface area contributed by atoms with E-state index in [1.807, 2.05) is 24.3 Å². The lowest BCUT2D eigenvalue weighted by Gasteiger charge is -2.21. The molecule has 4 aromatic rings. The molecule has 1 aliphatic rings. The summed E-state index contributed by atoms with van der Waals surface area (Å²) in [7, 11) is 1.43. The van der Waals surface area contributed by atoms with Gasteiger partial charge in [0.15, 0.2) is 11.6 Å². The van der Waals surface area contributed by atoms with Gasteiger partial charge in [0, 0.05) is 41.7 Å². The zero-order valence-electron chi connectivity index (χ0n) is 24.6. The second-order valence-corrected chi connectivity index (χ2v) is 11.1. The number of hydrogen-bond acceptors (Lipinski definition) is 8. The van der Waals surface area contributed by atoms with Crippen molar-refractivity contribution < 1.29 is 33.6 Å². The summed E-state index contributed by atoms with van der Waals surface area (Å²) in [6.45, 7) is 1.47.